The topological polar surface area (TPSA) is 42.1 Å². The quantitative estimate of drug-likeness (QED) is 0.917. The normalized spacial score (nSPS) is 24.4. The molecule has 0 saturated carbocycles. The van der Waals surface area contributed by atoms with E-state index in [2.05, 4.69) is 48.0 Å². The van der Waals surface area contributed by atoms with Crippen LogP contribution in [0.25, 0.3) is 10.8 Å². The van der Waals surface area contributed by atoms with Gasteiger partial charge in [-0.15, -0.1) is 0 Å². The van der Waals surface area contributed by atoms with Crippen LogP contribution in [0.3, 0.4) is 0 Å². The molecule has 3 heteroatoms. The van der Waals surface area contributed by atoms with Crippen LogP contribution in [0.5, 0.6) is 0 Å². The molecule has 1 saturated heterocycles. The number of rotatable bonds is 2. The van der Waals surface area contributed by atoms with Crippen LogP contribution in [-0.4, -0.2) is 28.5 Å². The highest BCUT2D eigenvalue weighted by atomic mass is 15.2. The SMILES string of the molecule is CC(C)N1CCCCC(N)C1c1cncc2ccccc12. The first-order valence-electron chi connectivity index (χ1n) is 8.02. The van der Waals surface area contributed by atoms with Crippen molar-refractivity contribution in [1.82, 2.24) is 9.88 Å². The number of likely N-dealkylation sites (tertiary alicyclic amines) is 1. The zero-order valence-corrected chi connectivity index (χ0v) is 13.0. The first-order chi connectivity index (χ1) is 10.2. The zero-order valence-electron chi connectivity index (χ0n) is 13.0. The summed E-state index contributed by atoms with van der Waals surface area (Å²) < 4.78 is 0. The average Bonchev–Trinajstić information content (AvgIpc) is 2.68. The van der Waals surface area contributed by atoms with E-state index in [0.29, 0.717) is 6.04 Å². The molecule has 0 bridgehead atoms. The molecule has 2 atom stereocenters. The Labute approximate surface area is 127 Å². The lowest BCUT2D eigenvalue weighted by Gasteiger charge is -2.37. The molecule has 3 rings (SSSR count). The minimum atomic E-state index is 0.183. The summed E-state index contributed by atoms with van der Waals surface area (Å²) in [6.07, 6.45) is 7.52. The van der Waals surface area contributed by atoms with E-state index in [1.165, 1.54) is 29.2 Å². The monoisotopic (exact) mass is 283 g/mol. The lowest BCUT2D eigenvalue weighted by Crippen LogP contribution is -2.43. The molecule has 1 aliphatic rings. The number of fused-ring (bicyclic) bond motifs is 1. The molecule has 21 heavy (non-hydrogen) atoms. The van der Waals surface area contributed by atoms with Gasteiger partial charge in [-0.2, -0.15) is 0 Å². The summed E-state index contributed by atoms with van der Waals surface area (Å²) in [4.78, 5) is 7.02. The number of benzene rings is 1. The number of aromatic nitrogens is 1. The van der Waals surface area contributed by atoms with Crippen molar-refractivity contribution in [3.63, 3.8) is 0 Å². The first-order valence-corrected chi connectivity index (χ1v) is 8.02. The molecule has 0 spiro atoms. The summed E-state index contributed by atoms with van der Waals surface area (Å²) in [5.74, 6) is 0. The van der Waals surface area contributed by atoms with Crippen molar-refractivity contribution in [2.75, 3.05) is 6.54 Å². The Morgan fingerprint density at radius 3 is 2.81 bits per heavy atom. The highest BCUT2D eigenvalue weighted by molar-refractivity contribution is 5.85. The Morgan fingerprint density at radius 2 is 2.00 bits per heavy atom. The molecule has 2 N–H and O–H groups in total. The highest BCUT2D eigenvalue weighted by Gasteiger charge is 2.31. The van der Waals surface area contributed by atoms with Crippen molar-refractivity contribution in [1.29, 1.82) is 0 Å². The van der Waals surface area contributed by atoms with Gasteiger partial charge in [0, 0.05) is 29.9 Å². The van der Waals surface area contributed by atoms with Gasteiger partial charge in [0.1, 0.15) is 0 Å². The van der Waals surface area contributed by atoms with Gasteiger partial charge >= 0.3 is 0 Å². The van der Waals surface area contributed by atoms with Crippen LogP contribution < -0.4 is 5.73 Å². The van der Waals surface area contributed by atoms with Crippen LogP contribution in [0.15, 0.2) is 36.7 Å². The highest BCUT2D eigenvalue weighted by Crippen LogP contribution is 2.34. The number of hydrogen-bond acceptors (Lipinski definition) is 3. The third-order valence-corrected chi connectivity index (χ3v) is 4.65. The third-order valence-electron chi connectivity index (χ3n) is 4.65. The first kappa shape index (κ1) is 14.5. The van der Waals surface area contributed by atoms with Gasteiger partial charge in [-0.25, -0.2) is 0 Å². The lowest BCUT2D eigenvalue weighted by atomic mass is 9.93. The number of pyridine rings is 1. The molecule has 2 unspecified atom stereocenters. The van der Waals surface area contributed by atoms with Crippen molar-refractivity contribution in [2.45, 2.75) is 51.2 Å². The maximum absolute atomic E-state index is 6.56. The summed E-state index contributed by atoms with van der Waals surface area (Å²) >= 11 is 0. The molecular formula is C18H25N3. The van der Waals surface area contributed by atoms with Crippen molar-refractivity contribution >= 4 is 10.8 Å². The smallest absolute Gasteiger partial charge is 0.0523 e. The number of hydrogen-bond donors (Lipinski definition) is 1. The Balaban J connectivity index is 2.12. The van der Waals surface area contributed by atoms with E-state index in [0.717, 1.165) is 13.0 Å². The Hall–Kier alpha value is -1.45. The molecule has 0 aliphatic carbocycles. The maximum atomic E-state index is 6.56. The molecule has 1 fully saturated rings. The van der Waals surface area contributed by atoms with Gasteiger partial charge in [-0.3, -0.25) is 9.88 Å². The minimum Gasteiger partial charge on any atom is -0.326 e. The summed E-state index contributed by atoms with van der Waals surface area (Å²) in [6, 6.07) is 9.46. The molecule has 0 amide bonds. The van der Waals surface area contributed by atoms with Gasteiger partial charge in [-0.1, -0.05) is 30.7 Å². The Morgan fingerprint density at radius 1 is 1.19 bits per heavy atom. The van der Waals surface area contributed by atoms with Crippen molar-refractivity contribution in [2.24, 2.45) is 5.73 Å². The average molecular weight is 283 g/mol. The van der Waals surface area contributed by atoms with Gasteiger partial charge in [-0.05, 0) is 44.2 Å². The maximum Gasteiger partial charge on any atom is 0.0523 e. The van der Waals surface area contributed by atoms with Crippen molar-refractivity contribution in [3.8, 4) is 0 Å². The van der Waals surface area contributed by atoms with E-state index >= 15 is 0 Å². The molecule has 1 aromatic heterocycles. The fourth-order valence-corrected chi connectivity index (χ4v) is 3.58. The zero-order chi connectivity index (χ0) is 14.8. The summed E-state index contributed by atoms with van der Waals surface area (Å²) in [5, 5.41) is 2.50. The Kier molecular flexibility index (Phi) is 4.22. The second-order valence-electron chi connectivity index (χ2n) is 6.39. The van der Waals surface area contributed by atoms with Crippen LogP contribution in [0, 0.1) is 0 Å². The van der Waals surface area contributed by atoms with Gasteiger partial charge in [0.25, 0.3) is 0 Å². The summed E-state index contributed by atoms with van der Waals surface area (Å²) in [5.41, 5.74) is 7.85. The van der Waals surface area contributed by atoms with E-state index in [9.17, 15) is 0 Å². The molecule has 112 valence electrons. The Bertz CT molecular complexity index is 603. The molecule has 1 aliphatic heterocycles. The molecule has 1 aromatic carbocycles. The predicted octanol–water partition coefficient (Wildman–Crippen LogP) is 3.50. The standard InChI is InChI=1S/C18H25N3/c1-13(2)21-10-6-5-9-17(19)18(21)16-12-20-11-14-7-3-4-8-15(14)16/h3-4,7-8,11-13,17-18H,5-6,9-10,19H2,1-2H3. The largest absolute Gasteiger partial charge is 0.326 e. The van der Waals surface area contributed by atoms with E-state index in [4.69, 9.17) is 5.73 Å². The van der Waals surface area contributed by atoms with Gasteiger partial charge < -0.3 is 5.73 Å². The van der Waals surface area contributed by atoms with E-state index in [1.807, 2.05) is 12.4 Å². The second kappa shape index (κ2) is 6.12. The van der Waals surface area contributed by atoms with Crippen LogP contribution in [0.4, 0.5) is 0 Å². The minimum absolute atomic E-state index is 0.183. The second-order valence-corrected chi connectivity index (χ2v) is 6.39. The van der Waals surface area contributed by atoms with E-state index < -0.39 is 0 Å². The van der Waals surface area contributed by atoms with Gasteiger partial charge in [0.2, 0.25) is 0 Å². The molecular weight excluding hydrogens is 258 g/mol. The fraction of sp³-hybridized carbons (Fsp3) is 0.500. The molecule has 0 radical (unpaired) electrons. The summed E-state index contributed by atoms with van der Waals surface area (Å²) in [7, 11) is 0. The lowest BCUT2D eigenvalue weighted by molar-refractivity contribution is 0.145. The van der Waals surface area contributed by atoms with Crippen LogP contribution in [-0.2, 0) is 0 Å². The molecule has 2 heterocycles. The molecule has 3 nitrogen and oxygen atoms in total. The van der Waals surface area contributed by atoms with E-state index in [1.54, 1.807) is 0 Å². The van der Waals surface area contributed by atoms with Crippen LogP contribution in [0.2, 0.25) is 0 Å². The summed E-state index contributed by atoms with van der Waals surface area (Å²) in [6.45, 7) is 5.66. The van der Waals surface area contributed by atoms with Crippen LogP contribution >= 0.6 is 0 Å². The van der Waals surface area contributed by atoms with Gasteiger partial charge in [0.05, 0.1) is 6.04 Å². The van der Waals surface area contributed by atoms with E-state index in [-0.39, 0.29) is 12.1 Å². The van der Waals surface area contributed by atoms with Crippen molar-refractivity contribution in [3.05, 3.63) is 42.2 Å². The molecule has 2 aromatic rings. The predicted molar refractivity (Wildman–Crippen MR) is 88.2 cm³/mol. The van der Waals surface area contributed by atoms with Crippen LogP contribution in [0.1, 0.15) is 44.7 Å². The number of nitrogens with two attached hydrogens (primary N) is 1. The fourth-order valence-electron chi connectivity index (χ4n) is 3.58. The van der Waals surface area contributed by atoms with Crippen molar-refractivity contribution < 1.29 is 0 Å². The third kappa shape index (κ3) is 2.81. The number of nitrogens with zero attached hydrogens (tertiary/aromatic N) is 2. The van der Waals surface area contributed by atoms with Gasteiger partial charge in [0.15, 0.2) is 0 Å².